The van der Waals surface area contributed by atoms with E-state index in [1.165, 1.54) is 22.4 Å². The molecular weight excluding hydrogens is 338 g/mol. The second kappa shape index (κ2) is 8.41. The van der Waals surface area contributed by atoms with Crippen LogP contribution in [0.25, 0.3) is 12.2 Å². The first-order valence-electron chi connectivity index (χ1n) is 9.55. The van der Waals surface area contributed by atoms with Gasteiger partial charge < -0.3 is 4.90 Å². The molecule has 0 aromatic heterocycles. The van der Waals surface area contributed by atoms with Crippen molar-refractivity contribution >= 4 is 29.2 Å². The van der Waals surface area contributed by atoms with E-state index in [4.69, 9.17) is 0 Å². The first-order chi connectivity index (χ1) is 13.8. The Morgan fingerprint density at radius 2 is 1.00 bits per heavy atom. The number of aryl methyl sites for hydroxylation is 1. The van der Waals surface area contributed by atoms with Crippen LogP contribution in [0.5, 0.6) is 0 Å². The van der Waals surface area contributed by atoms with Crippen molar-refractivity contribution in [2.24, 2.45) is 0 Å². The molecule has 0 aliphatic carbocycles. The van der Waals surface area contributed by atoms with Crippen molar-refractivity contribution in [2.45, 2.75) is 6.92 Å². The summed E-state index contributed by atoms with van der Waals surface area (Å²) in [4.78, 5) is 2.31. The van der Waals surface area contributed by atoms with E-state index in [-0.39, 0.29) is 0 Å². The van der Waals surface area contributed by atoms with Gasteiger partial charge in [-0.15, -0.1) is 0 Å². The van der Waals surface area contributed by atoms with Crippen molar-refractivity contribution in [3.8, 4) is 0 Å². The Balaban J connectivity index is 1.68. The number of hydrogen-bond donors (Lipinski definition) is 0. The second-order valence-electron chi connectivity index (χ2n) is 6.79. The average Bonchev–Trinajstić information content (AvgIpc) is 2.76. The van der Waals surface area contributed by atoms with Gasteiger partial charge in [-0.2, -0.15) is 0 Å². The number of nitrogens with zero attached hydrogens (tertiary/aromatic N) is 1. The fourth-order valence-electron chi connectivity index (χ4n) is 3.31. The summed E-state index contributed by atoms with van der Waals surface area (Å²) in [5.41, 5.74) is 7.14. The van der Waals surface area contributed by atoms with Crippen LogP contribution in [-0.4, -0.2) is 0 Å². The fraction of sp³-hybridized carbons (Fsp3) is 0.0370. The van der Waals surface area contributed by atoms with Gasteiger partial charge in [-0.25, -0.2) is 0 Å². The third-order valence-electron chi connectivity index (χ3n) is 4.79. The summed E-state index contributed by atoms with van der Waals surface area (Å²) in [6, 6.07) is 38.1. The Morgan fingerprint density at radius 3 is 1.64 bits per heavy atom. The lowest BCUT2D eigenvalue weighted by atomic mass is 10.1. The van der Waals surface area contributed by atoms with Gasteiger partial charge in [0.05, 0.1) is 0 Å². The van der Waals surface area contributed by atoms with Crippen molar-refractivity contribution in [3.63, 3.8) is 0 Å². The molecule has 4 rings (SSSR count). The molecule has 1 heteroatoms. The molecule has 4 aromatic rings. The summed E-state index contributed by atoms with van der Waals surface area (Å²) < 4.78 is 0. The third kappa shape index (κ3) is 4.05. The van der Waals surface area contributed by atoms with Crippen LogP contribution in [0.4, 0.5) is 17.1 Å². The topological polar surface area (TPSA) is 3.24 Å². The van der Waals surface area contributed by atoms with Crippen molar-refractivity contribution in [1.29, 1.82) is 0 Å². The number of benzene rings is 4. The molecule has 136 valence electrons. The number of para-hydroxylation sites is 2. The largest absolute Gasteiger partial charge is 0.310 e. The van der Waals surface area contributed by atoms with Crippen LogP contribution in [0, 0.1) is 6.92 Å². The van der Waals surface area contributed by atoms with Crippen LogP contribution >= 0.6 is 0 Å². The molecule has 0 N–H and O–H groups in total. The van der Waals surface area contributed by atoms with Gasteiger partial charge in [0.15, 0.2) is 0 Å². The van der Waals surface area contributed by atoms with Gasteiger partial charge in [-0.3, -0.25) is 0 Å². The smallest absolute Gasteiger partial charge is 0.0490 e. The molecule has 0 atom stereocenters. The highest BCUT2D eigenvalue weighted by molar-refractivity contribution is 5.79. The first-order valence-corrected chi connectivity index (χ1v) is 9.55. The zero-order valence-corrected chi connectivity index (χ0v) is 16.0. The molecule has 0 heterocycles. The summed E-state index contributed by atoms with van der Waals surface area (Å²) in [6.07, 6.45) is 4.30. The van der Waals surface area contributed by atoms with E-state index in [1.807, 2.05) is 6.07 Å². The van der Waals surface area contributed by atoms with Crippen LogP contribution in [0.15, 0.2) is 109 Å². The normalized spacial score (nSPS) is 10.9. The Bertz CT molecular complexity index is 1050. The molecule has 0 unspecified atom stereocenters. The van der Waals surface area contributed by atoms with Crippen LogP contribution in [0.3, 0.4) is 0 Å². The summed E-state index contributed by atoms with van der Waals surface area (Å²) >= 11 is 0. The molecule has 4 aromatic carbocycles. The number of rotatable bonds is 5. The van der Waals surface area contributed by atoms with Gasteiger partial charge in [0.25, 0.3) is 0 Å². The van der Waals surface area contributed by atoms with Crippen LogP contribution in [0.2, 0.25) is 0 Å². The van der Waals surface area contributed by atoms with Gasteiger partial charge in [0.2, 0.25) is 0 Å². The van der Waals surface area contributed by atoms with Crippen molar-refractivity contribution in [3.05, 3.63) is 126 Å². The summed E-state index contributed by atoms with van der Waals surface area (Å²) in [7, 11) is 0. The van der Waals surface area contributed by atoms with E-state index in [0.717, 1.165) is 11.4 Å². The minimum Gasteiger partial charge on any atom is -0.310 e. The lowest BCUT2D eigenvalue weighted by Crippen LogP contribution is -2.11. The van der Waals surface area contributed by atoms with Gasteiger partial charge in [0, 0.05) is 17.1 Å². The highest BCUT2D eigenvalue weighted by atomic mass is 15.1. The minimum atomic E-state index is 1.15. The van der Waals surface area contributed by atoms with Gasteiger partial charge in [-0.05, 0) is 53.9 Å². The third-order valence-corrected chi connectivity index (χ3v) is 4.79. The molecule has 1 nitrogen and oxygen atoms in total. The lowest BCUT2D eigenvalue weighted by molar-refractivity contribution is 1.25. The zero-order valence-electron chi connectivity index (χ0n) is 16.0. The molecule has 0 fully saturated rings. The Morgan fingerprint density at radius 1 is 0.500 bits per heavy atom. The maximum absolute atomic E-state index is 2.31. The quantitative estimate of drug-likeness (QED) is 0.330. The predicted molar refractivity (Wildman–Crippen MR) is 121 cm³/mol. The average molecular weight is 361 g/mol. The molecule has 0 amide bonds. The molecule has 28 heavy (non-hydrogen) atoms. The highest BCUT2D eigenvalue weighted by Gasteiger charge is 2.13. The van der Waals surface area contributed by atoms with Crippen molar-refractivity contribution in [2.75, 3.05) is 4.90 Å². The number of hydrogen-bond acceptors (Lipinski definition) is 1. The van der Waals surface area contributed by atoms with Crippen molar-refractivity contribution in [1.82, 2.24) is 0 Å². The molecule has 0 radical (unpaired) electrons. The first kappa shape index (κ1) is 17.8. The van der Waals surface area contributed by atoms with E-state index in [0.29, 0.717) is 0 Å². The number of anilines is 3. The predicted octanol–water partition coefficient (Wildman–Crippen LogP) is 7.64. The summed E-state index contributed by atoms with van der Waals surface area (Å²) in [5.74, 6) is 0. The van der Waals surface area contributed by atoms with E-state index >= 15 is 0 Å². The van der Waals surface area contributed by atoms with Crippen molar-refractivity contribution < 1.29 is 0 Å². The molecule has 0 aliphatic heterocycles. The lowest BCUT2D eigenvalue weighted by Gasteiger charge is -2.27. The monoisotopic (exact) mass is 361 g/mol. The SMILES string of the molecule is Cc1ccccc1N(c1ccccc1)c1ccc(/C=C/c2ccccc2)cc1. The Kier molecular flexibility index (Phi) is 5.35. The summed E-state index contributed by atoms with van der Waals surface area (Å²) in [6.45, 7) is 2.16. The zero-order chi connectivity index (χ0) is 19.2. The van der Waals surface area contributed by atoms with Crippen LogP contribution in [-0.2, 0) is 0 Å². The van der Waals surface area contributed by atoms with E-state index < -0.39 is 0 Å². The van der Waals surface area contributed by atoms with Crippen LogP contribution in [0.1, 0.15) is 16.7 Å². The molecule has 0 spiro atoms. The Hall–Kier alpha value is -3.58. The van der Waals surface area contributed by atoms with E-state index in [2.05, 4.69) is 127 Å². The molecular formula is C27H23N. The summed E-state index contributed by atoms with van der Waals surface area (Å²) in [5, 5.41) is 0. The van der Waals surface area contributed by atoms with Gasteiger partial charge >= 0.3 is 0 Å². The van der Waals surface area contributed by atoms with Crippen LogP contribution < -0.4 is 4.90 Å². The van der Waals surface area contributed by atoms with Gasteiger partial charge in [0.1, 0.15) is 0 Å². The molecule has 0 aliphatic rings. The Labute approximate surface area is 167 Å². The maximum atomic E-state index is 2.31. The van der Waals surface area contributed by atoms with E-state index in [9.17, 15) is 0 Å². The molecule has 0 saturated heterocycles. The van der Waals surface area contributed by atoms with E-state index in [1.54, 1.807) is 0 Å². The molecule has 0 saturated carbocycles. The maximum Gasteiger partial charge on any atom is 0.0490 e. The minimum absolute atomic E-state index is 1.15. The highest BCUT2D eigenvalue weighted by Crippen LogP contribution is 2.36. The molecule has 0 bridgehead atoms. The standard InChI is InChI=1S/C27H23N/c1-22-10-8-9-15-27(22)28(25-13-6-3-7-14-25)26-20-18-24(19-21-26)17-16-23-11-4-2-5-12-23/h2-21H,1H3/b17-16+. The van der Waals surface area contributed by atoms with Gasteiger partial charge in [-0.1, -0.05) is 91.0 Å². The fourth-order valence-corrected chi connectivity index (χ4v) is 3.31. The second-order valence-corrected chi connectivity index (χ2v) is 6.79.